The fourth-order valence-corrected chi connectivity index (χ4v) is 3.31. The number of para-hydroxylation sites is 2. The molecule has 0 aliphatic heterocycles. The molecule has 0 unspecified atom stereocenters. The van der Waals surface area contributed by atoms with Crippen LogP contribution in [-0.4, -0.2) is 11.9 Å². The monoisotopic (exact) mass is 437 g/mol. The van der Waals surface area contributed by atoms with Crippen molar-refractivity contribution in [3.05, 3.63) is 115 Å². The summed E-state index contributed by atoms with van der Waals surface area (Å²) in [7, 11) is 0. The zero-order valence-corrected chi connectivity index (χ0v) is 18.0. The van der Waals surface area contributed by atoms with Crippen LogP contribution in [0.2, 0.25) is 0 Å². The molecule has 164 valence electrons. The molecule has 0 saturated heterocycles. The van der Waals surface area contributed by atoms with Gasteiger partial charge in [0, 0.05) is 28.9 Å². The number of benzene rings is 3. The molecule has 0 fully saturated rings. The minimum Gasteiger partial charge on any atom is -0.384 e. The molecule has 7 heteroatoms. The summed E-state index contributed by atoms with van der Waals surface area (Å²) in [5.74, 6) is -0.0162. The van der Waals surface area contributed by atoms with Gasteiger partial charge in [0.05, 0.1) is 17.1 Å². The van der Waals surface area contributed by atoms with E-state index in [-0.39, 0.29) is 11.9 Å². The van der Waals surface area contributed by atoms with Crippen LogP contribution in [0.5, 0.6) is 0 Å². The van der Waals surface area contributed by atoms with E-state index in [2.05, 4.69) is 32.7 Å². The van der Waals surface area contributed by atoms with Gasteiger partial charge >= 0.3 is 6.03 Å². The highest BCUT2D eigenvalue weighted by Crippen LogP contribution is 2.25. The highest BCUT2D eigenvalue weighted by molar-refractivity contribution is 6.02. The molecule has 1 aromatic heterocycles. The Kier molecular flexibility index (Phi) is 6.61. The van der Waals surface area contributed by atoms with Gasteiger partial charge in [0.25, 0.3) is 0 Å². The zero-order chi connectivity index (χ0) is 23.0. The maximum atomic E-state index is 12.5. The van der Waals surface area contributed by atoms with E-state index in [0.717, 1.165) is 17.9 Å². The fraction of sp³-hybridized carbons (Fsp3) is 0.0385. The third-order valence-corrected chi connectivity index (χ3v) is 5.01. The van der Waals surface area contributed by atoms with Crippen LogP contribution in [0.1, 0.15) is 11.1 Å². The molecule has 3 aromatic carbocycles. The molecular weight excluding hydrogens is 412 g/mol. The summed E-state index contributed by atoms with van der Waals surface area (Å²) in [5, 5.41) is 16.5. The van der Waals surface area contributed by atoms with Gasteiger partial charge in [-0.15, -0.1) is 0 Å². The Labute approximate surface area is 192 Å². The van der Waals surface area contributed by atoms with Crippen molar-refractivity contribution in [1.29, 1.82) is 5.41 Å². The normalized spacial score (nSPS) is 10.3. The number of rotatable bonds is 7. The first-order valence-electron chi connectivity index (χ1n) is 10.5. The quantitative estimate of drug-likeness (QED) is 0.164. The van der Waals surface area contributed by atoms with E-state index in [0.29, 0.717) is 16.9 Å². The zero-order valence-electron chi connectivity index (χ0n) is 18.0. The number of nitrogens with two attached hydrogens (primary N) is 1. The van der Waals surface area contributed by atoms with Crippen LogP contribution < -0.4 is 26.3 Å². The lowest BCUT2D eigenvalue weighted by Gasteiger charge is -2.13. The summed E-state index contributed by atoms with van der Waals surface area (Å²) in [4.78, 5) is 12.5. The van der Waals surface area contributed by atoms with Crippen LogP contribution in [-0.2, 0) is 6.54 Å². The van der Waals surface area contributed by atoms with Gasteiger partial charge in [-0.1, -0.05) is 42.5 Å². The summed E-state index contributed by atoms with van der Waals surface area (Å²) in [6, 6.07) is 28.2. The molecule has 33 heavy (non-hydrogen) atoms. The van der Waals surface area contributed by atoms with Crippen molar-refractivity contribution in [3.8, 4) is 0 Å². The van der Waals surface area contributed by atoms with Crippen LogP contribution >= 0.6 is 0 Å². The number of nitrogen functional groups attached to an aromatic ring is 1. The Morgan fingerprint density at radius 3 is 2.06 bits per heavy atom. The number of aromatic nitrogens is 1. The number of urea groups is 1. The van der Waals surface area contributed by atoms with Crippen LogP contribution in [0, 0.1) is 5.41 Å². The van der Waals surface area contributed by atoms with Crippen molar-refractivity contribution in [2.75, 3.05) is 16.0 Å². The summed E-state index contributed by atoms with van der Waals surface area (Å²) in [5.41, 5.74) is 10.2. The first-order chi connectivity index (χ1) is 16.1. The van der Waals surface area contributed by atoms with Gasteiger partial charge in [0.15, 0.2) is 18.9 Å². The Morgan fingerprint density at radius 1 is 0.758 bits per heavy atom. The number of hydrogen-bond donors (Lipinski definition) is 5. The first-order valence-corrected chi connectivity index (χ1v) is 10.5. The topological polar surface area (TPSA) is 107 Å². The molecule has 4 rings (SSSR count). The first kappa shape index (κ1) is 21.6. The van der Waals surface area contributed by atoms with Crippen molar-refractivity contribution >= 4 is 34.6 Å². The van der Waals surface area contributed by atoms with E-state index in [1.165, 1.54) is 5.56 Å². The van der Waals surface area contributed by atoms with Gasteiger partial charge in [0.1, 0.15) is 5.84 Å². The third-order valence-electron chi connectivity index (χ3n) is 5.01. The van der Waals surface area contributed by atoms with Crippen molar-refractivity contribution in [3.63, 3.8) is 0 Å². The van der Waals surface area contributed by atoms with Gasteiger partial charge in [-0.05, 0) is 36.4 Å². The van der Waals surface area contributed by atoms with Crippen molar-refractivity contribution in [1.82, 2.24) is 0 Å². The smallest absolute Gasteiger partial charge is 0.323 e. The van der Waals surface area contributed by atoms with Crippen molar-refractivity contribution in [2.45, 2.75) is 6.54 Å². The lowest BCUT2D eigenvalue weighted by molar-refractivity contribution is -0.688. The molecule has 0 radical (unpaired) electrons. The maximum absolute atomic E-state index is 12.5. The van der Waals surface area contributed by atoms with E-state index < -0.39 is 0 Å². The van der Waals surface area contributed by atoms with E-state index in [9.17, 15) is 4.79 Å². The predicted octanol–water partition coefficient (Wildman–Crippen LogP) is 4.69. The molecule has 2 amide bonds. The van der Waals surface area contributed by atoms with E-state index in [1.807, 2.05) is 67.0 Å². The van der Waals surface area contributed by atoms with Crippen molar-refractivity contribution < 1.29 is 9.36 Å². The highest BCUT2D eigenvalue weighted by atomic mass is 16.2. The van der Waals surface area contributed by atoms with Gasteiger partial charge in [-0.2, -0.15) is 0 Å². The lowest BCUT2D eigenvalue weighted by Crippen LogP contribution is -2.33. The minimum absolute atomic E-state index is 0.0162. The third kappa shape index (κ3) is 5.95. The largest absolute Gasteiger partial charge is 0.384 e. The van der Waals surface area contributed by atoms with Gasteiger partial charge < -0.3 is 21.7 Å². The number of carbonyl (C=O) groups is 1. The molecule has 4 aromatic rings. The second-order valence-electron chi connectivity index (χ2n) is 7.49. The number of nitrogens with one attached hydrogen (secondary N) is 4. The van der Waals surface area contributed by atoms with Gasteiger partial charge in [-0.3, -0.25) is 5.41 Å². The summed E-state index contributed by atoms with van der Waals surface area (Å²) in [6.45, 7) is 0.798. The highest BCUT2D eigenvalue weighted by Gasteiger charge is 2.09. The van der Waals surface area contributed by atoms with Crippen LogP contribution in [0.25, 0.3) is 0 Å². The van der Waals surface area contributed by atoms with Crippen molar-refractivity contribution in [2.24, 2.45) is 5.73 Å². The second-order valence-corrected chi connectivity index (χ2v) is 7.49. The lowest BCUT2D eigenvalue weighted by atomic mass is 10.2. The molecule has 0 aliphatic rings. The number of amidine groups is 1. The SMILES string of the molecule is N=C(N)c1ccc(NC(=O)Nc2ccccc2Nc2cc[n+](Cc3ccccc3)cc2)cc1. The Balaban J connectivity index is 1.39. The summed E-state index contributed by atoms with van der Waals surface area (Å²) in [6.07, 6.45) is 4.03. The Morgan fingerprint density at radius 2 is 1.39 bits per heavy atom. The van der Waals surface area contributed by atoms with Crippen LogP contribution in [0.4, 0.5) is 27.5 Å². The summed E-state index contributed by atoms with van der Waals surface area (Å²) < 4.78 is 2.11. The Hall–Kier alpha value is -4.65. The molecule has 0 atom stereocenters. The average molecular weight is 438 g/mol. The molecule has 0 saturated carbocycles. The maximum Gasteiger partial charge on any atom is 0.323 e. The molecule has 7 nitrogen and oxygen atoms in total. The second kappa shape index (κ2) is 10.1. The molecule has 0 spiro atoms. The number of amides is 2. The van der Waals surface area contributed by atoms with E-state index >= 15 is 0 Å². The molecule has 0 bridgehead atoms. The number of pyridine rings is 1. The van der Waals surface area contributed by atoms with Gasteiger partial charge in [-0.25, -0.2) is 9.36 Å². The average Bonchev–Trinajstić information content (AvgIpc) is 2.82. The molecule has 6 N–H and O–H groups in total. The number of hydrogen-bond acceptors (Lipinski definition) is 3. The molecule has 0 aliphatic carbocycles. The standard InChI is InChI=1S/C26H24N6O/c27-25(28)20-10-12-21(13-11-20)30-26(33)31-24-9-5-4-8-23(24)29-22-14-16-32(17-15-22)18-19-6-2-1-3-7-19/h1-17H,18H2,(H5,27,28,30,31,33)/p+1. The predicted molar refractivity (Wildman–Crippen MR) is 132 cm³/mol. The minimum atomic E-state index is -0.367. The van der Waals surface area contributed by atoms with Crippen LogP contribution in [0.15, 0.2) is 103 Å². The number of nitrogens with zero attached hydrogens (tertiary/aromatic N) is 1. The van der Waals surface area contributed by atoms with E-state index in [1.54, 1.807) is 24.3 Å². The summed E-state index contributed by atoms with van der Waals surface area (Å²) >= 11 is 0. The molecular formula is C26H25N6O+. The number of anilines is 4. The molecule has 1 heterocycles. The van der Waals surface area contributed by atoms with E-state index in [4.69, 9.17) is 11.1 Å². The van der Waals surface area contributed by atoms with Crippen LogP contribution in [0.3, 0.4) is 0 Å². The number of carbonyl (C=O) groups excluding carboxylic acids is 1. The Bertz CT molecular complexity index is 1240. The van der Waals surface area contributed by atoms with Gasteiger partial charge in [0.2, 0.25) is 0 Å². The fourth-order valence-electron chi connectivity index (χ4n) is 3.31.